The van der Waals surface area contributed by atoms with Gasteiger partial charge in [-0.3, -0.25) is 9.59 Å². The van der Waals surface area contributed by atoms with E-state index in [0.29, 0.717) is 5.69 Å². The van der Waals surface area contributed by atoms with Crippen LogP contribution < -0.4 is 15.5 Å². The predicted octanol–water partition coefficient (Wildman–Crippen LogP) is 2.45. The lowest BCUT2D eigenvalue weighted by Crippen LogP contribution is -2.46. The number of rotatable bonds is 7. The molecule has 3 N–H and O–H groups in total. The lowest BCUT2D eigenvalue weighted by Gasteiger charge is -2.23. The molecule has 0 bridgehead atoms. The van der Waals surface area contributed by atoms with Crippen LogP contribution in [0.1, 0.15) is 33.6 Å². The number of aliphatic carboxylic acids is 1. The number of carboxylic acid groups (broad SMARTS) is 1. The third kappa shape index (κ3) is 7.87. The summed E-state index contributed by atoms with van der Waals surface area (Å²) in [5.74, 6) is -1.56. The van der Waals surface area contributed by atoms with Crippen molar-refractivity contribution in [3.05, 3.63) is 24.3 Å². The molecule has 0 radical (unpaired) electrons. The summed E-state index contributed by atoms with van der Waals surface area (Å²) in [5.41, 5.74) is 0.795. The number of nitrogens with one attached hydrogen (secondary N) is 2. The molecule has 0 aliphatic heterocycles. The minimum atomic E-state index is -1.05. The molecule has 8 heteroatoms. The normalized spacial score (nSPS) is 12.0. The smallest absolute Gasteiger partial charge is 0.408 e. The van der Waals surface area contributed by atoms with Crippen LogP contribution in [0.4, 0.5) is 16.2 Å². The van der Waals surface area contributed by atoms with Crippen LogP contribution in [0, 0.1) is 0 Å². The minimum absolute atomic E-state index is 0.0454. The number of hydrogen-bond acceptors (Lipinski definition) is 5. The Morgan fingerprint density at radius 1 is 1.15 bits per heavy atom. The van der Waals surface area contributed by atoms with Gasteiger partial charge in [0.05, 0.1) is 0 Å². The molecule has 8 nitrogen and oxygen atoms in total. The first-order valence-corrected chi connectivity index (χ1v) is 8.27. The Morgan fingerprint density at radius 3 is 2.19 bits per heavy atom. The second-order valence-corrected chi connectivity index (χ2v) is 7.06. The van der Waals surface area contributed by atoms with Crippen LogP contribution in [-0.4, -0.2) is 48.8 Å². The van der Waals surface area contributed by atoms with Gasteiger partial charge in [-0.15, -0.1) is 0 Å². The van der Waals surface area contributed by atoms with E-state index in [1.165, 1.54) is 0 Å². The highest BCUT2D eigenvalue weighted by Crippen LogP contribution is 2.16. The van der Waals surface area contributed by atoms with E-state index < -0.39 is 29.6 Å². The van der Waals surface area contributed by atoms with E-state index in [1.807, 2.05) is 31.1 Å². The van der Waals surface area contributed by atoms with E-state index in [1.54, 1.807) is 32.9 Å². The number of alkyl carbamates (subject to hydrolysis) is 1. The molecule has 1 rings (SSSR count). The molecule has 1 atom stereocenters. The topological polar surface area (TPSA) is 108 Å². The zero-order valence-electron chi connectivity index (χ0n) is 15.8. The number of anilines is 2. The van der Waals surface area contributed by atoms with E-state index >= 15 is 0 Å². The number of hydrogen-bond donors (Lipinski definition) is 3. The van der Waals surface area contributed by atoms with Gasteiger partial charge in [-0.1, -0.05) is 0 Å². The summed E-state index contributed by atoms with van der Waals surface area (Å²) in [5, 5.41) is 14.0. The van der Waals surface area contributed by atoms with Crippen LogP contribution in [0.25, 0.3) is 0 Å². The van der Waals surface area contributed by atoms with E-state index in [-0.39, 0.29) is 12.8 Å². The Hall–Kier alpha value is -2.77. The van der Waals surface area contributed by atoms with Gasteiger partial charge < -0.3 is 25.4 Å². The number of carboxylic acids is 1. The Kier molecular flexibility index (Phi) is 7.42. The van der Waals surface area contributed by atoms with Gasteiger partial charge in [-0.25, -0.2) is 4.79 Å². The zero-order valence-corrected chi connectivity index (χ0v) is 15.8. The molecular formula is C18H27N3O5. The van der Waals surface area contributed by atoms with Gasteiger partial charge >= 0.3 is 12.1 Å². The summed E-state index contributed by atoms with van der Waals surface area (Å²) < 4.78 is 5.13. The summed E-state index contributed by atoms with van der Waals surface area (Å²) in [6.07, 6.45) is -1.07. The Balaban J connectivity index is 2.79. The lowest BCUT2D eigenvalue weighted by atomic mass is 10.1. The fraction of sp³-hybridized carbons (Fsp3) is 0.500. The maximum absolute atomic E-state index is 12.5. The van der Waals surface area contributed by atoms with E-state index in [9.17, 15) is 14.4 Å². The first-order valence-electron chi connectivity index (χ1n) is 8.27. The summed E-state index contributed by atoms with van der Waals surface area (Å²) in [7, 11) is 3.81. The molecule has 0 heterocycles. The molecule has 0 fully saturated rings. The fourth-order valence-corrected chi connectivity index (χ4v) is 2.06. The number of nitrogens with zero attached hydrogens (tertiary/aromatic N) is 1. The van der Waals surface area contributed by atoms with Crippen molar-refractivity contribution in [2.24, 2.45) is 0 Å². The standard InChI is InChI=1S/C18H27N3O5/c1-18(2,3)26-17(25)20-14(10-11-15(22)23)16(24)19-12-6-8-13(9-7-12)21(4)5/h6-9,14H,10-11H2,1-5H3,(H,19,24)(H,20,25)(H,22,23)/t14-/m0/s1. The van der Waals surface area contributed by atoms with E-state index in [2.05, 4.69) is 10.6 Å². The largest absolute Gasteiger partial charge is 0.481 e. The summed E-state index contributed by atoms with van der Waals surface area (Å²) in [6.45, 7) is 5.10. The molecule has 0 aromatic heterocycles. The Labute approximate surface area is 153 Å². The first kappa shape index (κ1) is 21.3. The molecule has 0 unspecified atom stereocenters. The van der Waals surface area contributed by atoms with Gasteiger partial charge in [0.1, 0.15) is 11.6 Å². The summed E-state index contributed by atoms with van der Waals surface area (Å²) >= 11 is 0. The van der Waals surface area contributed by atoms with Crippen molar-refractivity contribution in [3.63, 3.8) is 0 Å². The van der Waals surface area contributed by atoms with Crippen LogP contribution in [0.2, 0.25) is 0 Å². The molecule has 0 spiro atoms. The van der Waals surface area contributed by atoms with Crippen molar-refractivity contribution in [1.29, 1.82) is 0 Å². The highest BCUT2D eigenvalue weighted by atomic mass is 16.6. The fourth-order valence-electron chi connectivity index (χ4n) is 2.06. The first-order chi connectivity index (χ1) is 12.0. The van der Waals surface area contributed by atoms with Crippen molar-refractivity contribution >= 4 is 29.3 Å². The number of ether oxygens (including phenoxy) is 1. The van der Waals surface area contributed by atoms with Crippen LogP contribution in [0.3, 0.4) is 0 Å². The van der Waals surface area contributed by atoms with Crippen LogP contribution in [0.15, 0.2) is 24.3 Å². The second kappa shape index (κ2) is 9.07. The maximum atomic E-state index is 12.5. The highest BCUT2D eigenvalue weighted by molar-refractivity contribution is 5.96. The van der Waals surface area contributed by atoms with E-state index in [4.69, 9.17) is 9.84 Å². The van der Waals surface area contributed by atoms with Crippen LogP contribution in [-0.2, 0) is 14.3 Å². The second-order valence-electron chi connectivity index (χ2n) is 7.06. The van der Waals surface area contributed by atoms with Crippen molar-refractivity contribution in [2.75, 3.05) is 24.3 Å². The molecule has 1 aromatic carbocycles. The van der Waals surface area contributed by atoms with Crippen LogP contribution >= 0.6 is 0 Å². The molecule has 0 saturated heterocycles. The van der Waals surface area contributed by atoms with Crippen LogP contribution in [0.5, 0.6) is 0 Å². The number of carbonyl (C=O) groups excluding carboxylic acids is 2. The van der Waals surface area contributed by atoms with Gasteiger partial charge in [0.2, 0.25) is 5.91 Å². The van der Waals surface area contributed by atoms with Gasteiger partial charge in [0, 0.05) is 31.9 Å². The van der Waals surface area contributed by atoms with Crippen molar-refractivity contribution in [2.45, 2.75) is 45.3 Å². The summed E-state index contributed by atoms with van der Waals surface area (Å²) in [4.78, 5) is 37.1. The van der Waals surface area contributed by atoms with Gasteiger partial charge in [-0.2, -0.15) is 0 Å². The van der Waals surface area contributed by atoms with Crippen molar-refractivity contribution in [1.82, 2.24) is 5.32 Å². The average molecular weight is 365 g/mol. The molecule has 0 saturated carbocycles. The number of carbonyl (C=O) groups is 3. The summed E-state index contributed by atoms with van der Waals surface area (Å²) in [6, 6.07) is 6.12. The quantitative estimate of drug-likeness (QED) is 0.685. The van der Waals surface area contributed by atoms with Crippen molar-refractivity contribution < 1.29 is 24.2 Å². The number of benzene rings is 1. The Bertz CT molecular complexity index is 635. The maximum Gasteiger partial charge on any atom is 0.408 e. The monoisotopic (exact) mass is 365 g/mol. The number of amides is 2. The molecule has 144 valence electrons. The van der Waals surface area contributed by atoms with Crippen molar-refractivity contribution in [3.8, 4) is 0 Å². The minimum Gasteiger partial charge on any atom is -0.481 e. The zero-order chi connectivity index (χ0) is 19.9. The predicted molar refractivity (Wildman–Crippen MR) is 99.4 cm³/mol. The third-order valence-corrected chi connectivity index (χ3v) is 3.31. The molecule has 1 aromatic rings. The lowest BCUT2D eigenvalue weighted by molar-refractivity contribution is -0.137. The SMILES string of the molecule is CN(C)c1ccc(NC(=O)[C@H](CCC(=O)O)NC(=O)OC(C)(C)C)cc1. The van der Waals surface area contributed by atoms with E-state index in [0.717, 1.165) is 5.69 Å². The molecule has 26 heavy (non-hydrogen) atoms. The highest BCUT2D eigenvalue weighted by Gasteiger charge is 2.25. The van der Waals surface area contributed by atoms with Gasteiger partial charge in [0.25, 0.3) is 0 Å². The molecular weight excluding hydrogens is 338 g/mol. The molecule has 2 amide bonds. The molecule has 0 aliphatic rings. The average Bonchev–Trinajstić information content (AvgIpc) is 2.49. The molecule has 0 aliphatic carbocycles. The van der Waals surface area contributed by atoms with Gasteiger partial charge in [-0.05, 0) is 51.5 Å². The van der Waals surface area contributed by atoms with Gasteiger partial charge in [0.15, 0.2) is 0 Å². The Morgan fingerprint density at radius 2 is 1.73 bits per heavy atom. The third-order valence-electron chi connectivity index (χ3n) is 3.31.